The Balaban J connectivity index is 2.25. The van der Waals surface area contributed by atoms with Gasteiger partial charge in [-0.2, -0.15) is 0 Å². The molecular weight excluding hydrogens is 224 g/mol. The summed E-state index contributed by atoms with van der Waals surface area (Å²) in [5.41, 5.74) is 0. The Morgan fingerprint density at radius 2 is 2.12 bits per heavy atom. The van der Waals surface area contributed by atoms with Crippen molar-refractivity contribution in [2.75, 3.05) is 0 Å². The molecule has 0 aliphatic carbocycles. The second-order valence-corrected chi connectivity index (χ2v) is 4.34. The summed E-state index contributed by atoms with van der Waals surface area (Å²) in [6.07, 6.45) is 7.69. The molecule has 3 nitrogen and oxygen atoms in total. The van der Waals surface area contributed by atoms with E-state index < -0.39 is 0 Å². The minimum Gasteiger partial charge on any atom is -0.475 e. The molecule has 16 heavy (non-hydrogen) atoms. The molecule has 1 heterocycles. The third kappa shape index (κ3) is 5.31. The Kier molecular flexibility index (Phi) is 6.16. The lowest BCUT2D eigenvalue weighted by Gasteiger charge is -2.13. The quantitative estimate of drug-likeness (QED) is 0.538. The number of nitrogens with zero attached hydrogens (tertiary/aromatic N) is 2. The van der Waals surface area contributed by atoms with E-state index in [1.807, 2.05) is 0 Å². The van der Waals surface area contributed by atoms with Gasteiger partial charge in [-0.1, -0.05) is 37.8 Å². The summed E-state index contributed by atoms with van der Waals surface area (Å²) in [6.45, 7) is 4.27. The third-order valence-corrected chi connectivity index (χ3v) is 2.60. The second-order valence-electron chi connectivity index (χ2n) is 3.96. The van der Waals surface area contributed by atoms with E-state index in [4.69, 9.17) is 16.3 Å². The molecule has 0 radical (unpaired) electrons. The van der Waals surface area contributed by atoms with Gasteiger partial charge in [0.15, 0.2) is 0 Å². The number of hydrogen-bond acceptors (Lipinski definition) is 3. The van der Waals surface area contributed by atoms with Crippen LogP contribution in [0.2, 0.25) is 5.15 Å². The van der Waals surface area contributed by atoms with Crippen LogP contribution in [0.3, 0.4) is 0 Å². The predicted molar refractivity (Wildman–Crippen MR) is 65.9 cm³/mol. The molecule has 0 aliphatic heterocycles. The number of ether oxygens (including phenoxy) is 1. The Bertz CT molecular complexity index is 307. The van der Waals surface area contributed by atoms with Gasteiger partial charge in [0.1, 0.15) is 11.5 Å². The van der Waals surface area contributed by atoms with Crippen molar-refractivity contribution in [3.8, 4) is 5.88 Å². The van der Waals surface area contributed by atoms with E-state index in [0.717, 1.165) is 6.42 Å². The van der Waals surface area contributed by atoms with Gasteiger partial charge >= 0.3 is 0 Å². The summed E-state index contributed by atoms with van der Waals surface area (Å²) >= 11 is 5.74. The average Bonchev–Trinajstić information content (AvgIpc) is 2.24. The average molecular weight is 243 g/mol. The van der Waals surface area contributed by atoms with Gasteiger partial charge in [0, 0.05) is 6.07 Å². The first kappa shape index (κ1) is 13.2. The summed E-state index contributed by atoms with van der Waals surface area (Å²) in [4.78, 5) is 7.81. The fourth-order valence-corrected chi connectivity index (χ4v) is 1.64. The largest absolute Gasteiger partial charge is 0.475 e. The van der Waals surface area contributed by atoms with Gasteiger partial charge in [0.05, 0.1) is 6.10 Å². The Labute approximate surface area is 102 Å². The van der Waals surface area contributed by atoms with Crippen LogP contribution >= 0.6 is 11.6 Å². The van der Waals surface area contributed by atoms with Crippen molar-refractivity contribution < 1.29 is 4.74 Å². The maximum Gasteiger partial charge on any atom is 0.218 e. The highest BCUT2D eigenvalue weighted by molar-refractivity contribution is 6.29. The zero-order valence-electron chi connectivity index (χ0n) is 9.95. The third-order valence-electron chi connectivity index (χ3n) is 2.39. The van der Waals surface area contributed by atoms with E-state index >= 15 is 0 Å². The minimum atomic E-state index is 0.183. The van der Waals surface area contributed by atoms with Crippen LogP contribution in [-0.4, -0.2) is 16.1 Å². The van der Waals surface area contributed by atoms with Gasteiger partial charge < -0.3 is 4.74 Å². The molecule has 1 aromatic heterocycles. The molecular formula is C12H19ClN2O. The number of aromatic nitrogens is 2. The van der Waals surface area contributed by atoms with Crippen LogP contribution in [0.5, 0.6) is 5.88 Å². The molecule has 0 aromatic carbocycles. The summed E-state index contributed by atoms with van der Waals surface area (Å²) in [5.74, 6) is 0.558. The zero-order chi connectivity index (χ0) is 11.8. The van der Waals surface area contributed by atoms with Crippen molar-refractivity contribution in [1.29, 1.82) is 0 Å². The molecule has 1 aromatic rings. The van der Waals surface area contributed by atoms with Gasteiger partial charge in [0.2, 0.25) is 5.88 Å². The lowest BCUT2D eigenvalue weighted by Crippen LogP contribution is -2.12. The fraction of sp³-hybridized carbons (Fsp3) is 0.667. The second kappa shape index (κ2) is 7.44. The highest BCUT2D eigenvalue weighted by Gasteiger charge is 2.05. The monoisotopic (exact) mass is 242 g/mol. The van der Waals surface area contributed by atoms with Crippen LogP contribution in [0.15, 0.2) is 12.4 Å². The van der Waals surface area contributed by atoms with Crippen LogP contribution in [0.4, 0.5) is 0 Å². The lowest BCUT2D eigenvalue weighted by atomic mass is 10.1. The Morgan fingerprint density at radius 3 is 2.81 bits per heavy atom. The lowest BCUT2D eigenvalue weighted by molar-refractivity contribution is 0.198. The number of halogens is 1. The van der Waals surface area contributed by atoms with Gasteiger partial charge in [0.25, 0.3) is 0 Å². The van der Waals surface area contributed by atoms with Crippen molar-refractivity contribution in [2.24, 2.45) is 0 Å². The van der Waals surface area contributed by atoms with E-state index in [-0.39, 0.29) is 6.10 Å². The SMILES string of the molecule is CCCCCCC(C)Oc1cc(Cl)ncn1. The molecule has 0 aliphatic rings. The molecule has 90 valence electrons. The number of unbranched alkanes of at least 4 members (excludes halogenated alkanes) is 3. The van der Waals surface area contributed by atoms with E-state index in [0.29, 0.717) is 11.0 Å². The molecule has 0 spiro atoms. The first-order chi connectivity index (χ1) is 7.72. The van der Waals surface area contributed by atoms with Crippen molar-refractivity contribution in [3.05, 3.63) is 17.5 Å². The highest BCUT2D eigenvalue weighted by Crippen LogP contribution is 2.15. The van der Waals surface area contributed by atoms with Gasteiger partial charge in [-0.25, -0.2) is 9.97 Å². The maximum absolute atomic E-state index is 5.74. The van der Waals surface area contributed by atoms with E-state index in [1.54, 1.807) is 6.07 Å². The Hall–Kier alpha value is -0.830. The summed E-state index contributed by atoms with van der Waals surface area (Å²) in [6, 6.07) is 1.64. The standard InChI is InChI=1S/C12H19ClN2O/c1-3-4-5-6-7-10(2)16-12-8-11(13)14-9-15-12/h8-10H,3-7H2,1-2H3. The molecule has 4 heteroatoms. The van der Waals surface area contributed by atoms with Crippen LogP contribution in [0.1, 0.15) is 46.0 Å². The van der Waals surface area contributed by atoms with Crippen molar-refractivity contribution >= 4 is 11.6 Å². The molecule has 0 saturated carbocycles. The van der Waals surface area contributed by atoms with E-state index in [9.17, 15) is 0 Å². The van der Waals surface area contributed by atoms with Crippen LogP contribution in [0, 0.1) is 0 Å². The first-order valence-corrected chi connectivity index (χ1v) is 6.24. The minimum absolute atomic E-state index is 0.183. The van der Waals surface area contributed by atoms with Crippen molar-refractivity contribution in [3.63, 3.8) is 0 Å². The topological polar surface area (TPSA) is 35.0 Å². The molecule has 0 N–H and O–H groups in total. The van der Waals surface area contributed by atoms with Crippen molar-refractivity contribution in [2.45, 2.75) is 52.1 Å². The molecule has 1 unspecified atom stereocenters. The smallest absolute Gasteiger partial charge is 0.218 e. The molecule has 1 rings (SSSR count). The highest BCUT2D eigenvalue weighted by atomic mass is 35.5. The van der Waals surface area contributed by atoms with Gasteiger partial charge in [-0.3, -0.25) is 0 Å². The summed E-state index contributed by atoms with van der Waals surface area (Å²) < 4.78 is 5.64. The number of hydrogen-bond donors (Lipinski definition) is 0. The van der Waals surface area contributed by atoms with E-state index in [2.05, 4.69) is 23.8 Å². The van der Waals surface area contributed by atoms with Gasteiger partial charge in [-0.05, 0) is 19.8 Å². The molecule has 0 bridgehead atoms. The predicted octanol–water partition coefficient (Wildman–Crippen LogP) is 3.87. The van der Waals surface area contributed by atoms with Crippen LogP contribution < -0.4 is 4.74 Å². The normalized spacial score (nSPS) is 12.4. The maximum atomic E-state index is 5.74. The van der Waals surface area contributed by atoms with E-state index in [1.165, 1.54) is 32.0 Å². The van der Waals surface area contributed by atoms with Crippen LogP contribution in [0.25, 0.3) is 0 Å². The fourth-order valence-electron chi connectivity index (χ4n) is 1.51. The molecule has 0 fully saturated rings. The summed E-state index contributed by atoms with van der Waals surface area (Å²) in [7, 11) is 0. The van der Waals surface area contributed by atoms with Gasteiger partial charge in [-0.15, -0.1) is 0 Å². The molecule has 0 saturated heterocycles. The molecule has 0 amide bonds. The number of rotatable bonds is 7. The first-order valence-electron chi connectivity index (χ1n) is 5.86. The summed E-state index contributed by atoms with van der Waals surface area (Å²) in [5, 5.41) is 0.420. The van der Waals surface area contributed by atoms with Crippen LogP contribution in [-0.2, 0) is 0 Å². The zero-order valence-corrected chi connectivity index (χ0v) is 10.7. The Morgan fingerprint density at radius 1 is 1.31 bits per heavy atom. The van der Waals surface area contributed by atoms with Crippen molar-refractivity contribution in [1.82, 2.24) is 9.97 Å². The molecule has 1 atom stereocenters.